The molecule has 2 aliphatic heterocycles. The molecule has 0 aliphatic carbocycles. The van der Waals surface area contributed by atoms with Crippen LogP contribution in [0, 0.1) is 11.8 Å². The lowest BCUT2D eigenvalue weighted by molar-refractivity contribution is -0.157. The Morgan fingerprint density at radius 2 is 1.82 bits per heavy atom. The summed E-state index contributed by atoms with van der Waals surface area (Å²) in [6.45, 7) is 10.4. The van der Waals surface area contributed by atoms with Crippen molar-refractivity contribution < 1.29 is 28.7 Å². The summed E-state index contributed by atoms with van der Waals surface area (Å²) in [5.74, 6) is -1.50. The van der Waals surface area contributed by atoms with Crippen molar-refractivity contribution in [3.8, 4) is 0 Å². The molecule has 11 heteroatoms. The number of nitrogens with zero attached hydrogens (tertiary/aromatic N) is 2. The molecule has 244 valence electrons. The minimum Gasteiger partial charge on any atom is -0.455 e. The van der Waals surface area contributed by atoms with Gasteiger partial charge in [0, 0.05) is 32.1 Å². The fourth-order valence-corrected chi connectivity index (χ4v) is 5.84. The van der Waals surface area contributed by atoms with E-state index in [-0.39, 0.29) is 23.7 Å². The van der Waals surface area contributed by atoms with Crippen molar-refractivity contribution >= 4 is 40.7 Å². The first-order chi connectivity index (χ1) is 21.5. The van der Waals surface area contributed by atoms with Gasteiger partial charge in [0.1, 0.15) is 24.2 Å². The van der Waals surface area contributed by atoms with E-state index in [1.54, 1.807) is 6.92 Å². The van der Waals surface area contributed by atoms with E-state index in [1.165, 1.54) is 11.9 Å². The predicted octanol–water partition coefficient (Wildman–Crippen LogP) is 3.83. The van der Waals surface area contributed by atoms with Crippen molar-refractivity contribution in [2.75, 3.05) is 19.8 Å². The zero-order valence-electron chi connectivity index (χ0n) is 27.0. The maximum Gasteiger partial charge on any atom is 0.325 e. The first-order valence-electron chi connectivity index (χ1n) is 16.0. The minimum atomic E-state index is -0.828. The number of benzene rings is 1. The number of aromatic nitrogens is 1. The fraction of sp³-hybridized carbons (Fsp3) is 0.559. The van der Waals surface area contributed by atoms with E-state index in [0.29, 0.717) is 44.7 Å². The molecule has 0 bridgehead atoms. The van der Waals surface area contributed by atoms with Gasteiger partial charge in [0.2, 0.25) is 11.8 Å². The summed E-state index contributed by atoms with van der Waals surface area (Å²) < 4.78 is 11.3. The lowest BCUT2D eigenvalue weighted by Crippen LogP contribution is -2.61. The van der Waals surface area contributed by atoms with E-state index in [9.17, 15) is 19.2 Å². The minimum absolute atomic E-state index is 0.172. The average molecular weight is 622 g/mol. The number of fused-ring (bicyclic) bond motifs is 1. The number of hydrazine groups is 1. The van der Waals surface area contributed by atoms with Gasteiger partial charge >= 0.3 is 5.97 Å². The Morgan fingerprint density at radius 3 is 2.51 bits per heavy atom. The van der Waals surface area contributed by atoms with Crippen LogP contribution in [0.5, 0.6) is 0 Å². The highest BCUT2D eigenvalue weighted by Crippen LogP contribution is 2.24. The molecule has 1 aromatic carbocycles. The number of hydrogen-bond donors (Lipinski definition) is 3. The standard InChI is InChI=1S/C34H47N5O6/c1-6-8-24-10-11-26-12-13-27(36-29(26)19-24)22(4)45-34(43)28-9-7-16-39(38-28)33(42)30(20-25-14-17-44-18-15-25)37-32(41)31(21(2)3)35-23(5)40/h6,8,10-13,19,21-22,25,28,30-31,38H,7,9,14-18,20H2,1-5H3,(H,35,40)(H,37,41)/b8-6+/t22-,28+,30-,31+/m1/s1. The lowest BCUT2D eigenvalue weighted by atomic mass is 9.91. The van der Waals surface area contributed by atoms with Crippen LogP contribution in [0.3, 0.4) is 0 Å². The maximum absolute atomic E-state index is 13.9. The highest BCUT2D eigenvalue weighted by atomic mass is 16.5. The molecule has 1 aromatic heterocycles. The second-order valence-electron chi connectivity index (χ2n) is 12.4. The monoisotopic (exact) mass is 621 g/mol. The Bertz CT molecular complexity index is 1390. The van der Waals surface area contributed by atoms with Crippen molar-refractivity contribution in [1.82, 2.24) is 26.1 Å². The van der Waals surface area contributed by atoms with Crippen LogP contribution in [0.2, 0.25) is 0 Å². The van der Waals surface area contributed by atoms with Crippen LogP contribution in [-0.2, 0) is 28.7 Å². The number of pyridine rings is 1. The number of ether oxygens (including phenoxy) is 2. The van der Waals surface area contributed by atoms with Gasteiger partial charge in [0.15, 0.2) is 0 Å². The summed E-state index contributed by atoms with van der Waals surface area (Å²) in [6, 6.07) is 7.52. The van der Waals surface area contributed by atoms with Gasteiger partial charge in [0.05, 0.1) is 11.2 Å². The summed E-state index contributed by atoms with van der Waals surface area (Å²) in [5, 5.41) is 8.04. The zero-order chi connectivity index (χ0) is 32.5. The molecule has 0 saturated carbocycles. The van der Waals surface area contributed by atoms with Gasteiger partial charge in [-0.2, -0.15) is 0 Å². The van der Waals surface area contributed by atoms with Crippen molar-refractivity contribution in [3.05, 3.63) is 47.7 Å². The van der Waals surface area contributed by atoms with Gasteiger partial charge in [0.25, 0.3) is 5.91 Å². The SMILES string of the molecule is C/C=C/c1ccc2ccc([C@@H](C)OC(=O)[C@@H]3CCCN(C(=O)[C@@H](CC4CCOCC4)NC(=O)[C@@H](NC(C)=O)C(C)C)N3)nc2c1. The molecule has 0 radical (unpaired) electrons. The number of rotatable bonds is 11. The molecule has 0 spiro atoms. The van der Waals surface area contributed by atoms with E-state index in [0.717, 1.165) is 29.3 Å². The molecule has 0 unspecified atom stereocenters. The number of allylic oxidation sites excluding steroid dienone is 1. The Morgan fingerprint density at radius 1 is 1.09 bits per heavy atom. The van der Waals surface area contributed by atoms with Gasteiger partial charge < -0.3 is 20.1 Å². The molecule has 3 amide bonds. The molecule has 45 heavy (non-hydrogen) atoms. The molecule has 11 nitrogen and oxygen atoms in total. The highest BCUT2D eigenvalue weighted by Gasteiger charge is 2.36. The van der Waals surface area contributed by atoms with E-state index < -0.39 is 36.1 Å². The molecule has 4 rings (SSSR count). The molecule has 3 N–H and O–H groups in total. The molecule has 4 atom stereocenters. The van der Waals surface area contributed by atoms with Gasteiger partial charge in [-0.25, -0.2) is 10.4 Å². The molecule has 2 saturated heterocycles. The fourth-order valence-electron chi connectivity index (χ4n) is 5.84. The van der Waals surface area contributed by atoms with Crippen LogP contribution in [0.4, 0.5) is 0 Å². The van der Waals surface area contributed by atoms with E-state index in [4.69, 9.17) is 14.5 Å². The van der Waals surface area contributed by atoms with Crippen molar-refractivity contribution in [1.29, 1.82) is 0 Å². The van der Waals surface area contributed by atoms with Crippen molar-refractivity contribution in [2.45, 2.75) is 91.0 Å². The van der Waals surface area contributed by atoms with Crippen molar-refractivity contribution in [3.63, 3.8) is 0 Å². The summed E-state index contributed by atoms with van der Waals surface area (Å²) in [4.78, 5) is 57.0. The maximum atomic E-state index is 13.9. The Kier molecular flexibility index (Phi) is 12.1. The first-order valence-corrected chi connectivity index (χ1v) is 16.0. The quantitative estimate of drug-likeness (QED) is 0.322. The third kappa shape index (κ3) is 9.34. The Balaban J connectivity index is 1.43. The smallest absolute Gasteiger partial charge is 0.325 e. The molecule has 2 aliphatic rings. The molecular weight excluding hydrogens is 574 g/mol. The summed E-state index contributed by atoms with van der Waals surface area (Å²) in [6.07, 6.45) is 6.49. The van der Waals surface area contributed by atoms with Gasteiger partial charge in [-0.1, -0.05) is 44.2 Å². The van der Waals surface area contributed by atoms with Gasteiger partial charge in [-0.3, -0.25) is 24.2 Å². The van der Waals surface area contributed by atoms with Crippen molar-refractivity contribution in [2.24, 2.45) is 11.8 Å². The second-order valence-corrected chi connectivity index (χ2v) is 12.4. The normalized spacial score (nSPS) is 19.7. The second kappa shape index (κ2) is 15.9. The average Bonchev–Trinajstić information content (AvgIpc) is 3.03. The number of amides is 3. The third-order valence-corrected chi connectivity index (χ3v) is 8.38. The molecule has 2 fully saturated rings. The highest BCUT2D eigenvalue weighted by molar-refractivity contribution is 5.92. The summed E-state index contributed by atoms with van der Waals surface area (Å²) in [5.41, 5.74) is 5.56. The molecule has 2 aromatic rings. The molecule has 3 heterocycles. The van der Waals surface area contributed by atoms with E-state index >= 15 is 0 Å². The van der Waals surface area contributed by atoms with Gasteiger partial charge in [-0.15, -0.1) is 0 Å². The van der Waals surface area contributed by atoms with Crippen LogP contribution < -0.4 is 16.1 Å². The first kappa shape index (κ1) is 34.1. The van der Waals surface area contributed by atoms with Crippen LogP contribution in [0.25, 0.3) is 17.0 Å². The van der Waals surface area contributed by atoms with Crippen LogP contribution in [0.15, 0.2) is 36.4 Å². The van der Waals surface area contributed by atoms with Crippen LogP contribution in [-0.4, -0.2) is 71.6 Å². The summed E-state index contributed by atoms with van der Waals surface area (Å²) in [7, 11) is 0. The number of carbonyl (C=O) groups is 4. The van der Waals surface area contributed by atoms with E-state index in [1.807, 2.05) is 63.3 Å². The molecular formula is C34H47N5O6. The van der Waals surface area contributed by atoms with Gasteiger partial charge in [-0.05, 0) is 75.5 Å². The largest absolute Gasteiger partial charge is 0.455 e. The summed E-state index contributed by atoms with van der Waals surface area (Å²) >= 11 is 0. The van der Waals surface area contributed by atoms with Crippen LogP contribution in [0.1, 0.15) is 84.1 Å². The number of hydrogen-bond acceptors (Lipinski definition) is 8. The Labute approximate surface area is 265 Å². The van der Waals surface area contributed by atoms with E-state index in [2.05, 4.69) is 16.1 Å². The van der Waals surface area contributed by atoms with Crippen LogP contribution >= 0.6 is 0 Å². The Hall–Kier alpha value is -3.83. The predicted molar refractivity (Wildman–Crippen MR) is 171 cm³/mol. The zero-order valence-corrected chi connectivity index (χ0v) is 27.0. The lowest BCUT2D eigenvalue weighted by Gasteiger charge is -2.37. The topological polar surface area (TPSA) is 139 Å². The number of nitrogens with one attached hydrogen (secondary N) is 3. The number of carbonyl (C=O) groups excluding carboxylic acids is 4. The third-order valence-electron chi connectivity index (χ3n) is 8.38. The number of esters is 1.